The molecule has 116 valence electrons. The molecule has 1 aromatic heterocycles. The number of fused-ring (bicyclic) bond motifs is 1. The summed E-state index contributed by atoms with van der Waals surface area (Å²) in [4.78, 5) is 19.0. The summed E-state index contributed by atoms with van der Waals surface area (Å²) in [6, 6.07) is 5.67. The summed E-state index contributed by atoms with van der Waals surface area (Å²) in [6.45, 7) is 1.67. The van der Waals surface area contributed by atoms with E-state index in [1.807, 2.05) is 25.2 Å². The predicted molar refractivity (Wildman–Crippen MR) is 84.6 cm³/mol. The highest BCUT2D eigenvalue weighted by atomic mass is 32.1. The summed E-state index contributed by atoms with van der Waals surface area (Å²) in [5.41, 5.74) is 0.922. The van der Waals surface area contributed by atoms with Gasteiger partial charge in [0.25, 0.3) is 5.91 Å². The normalized spacial score (nSPS) is 12.5. The molecule has 0 atom stereocenters. The molecule has 0 saturated carbocycles. The van der Waals surface area contributed by atoms with Crippen molar-refractivity contribution in [3.8, 4) is 22.1 Å². The highest BCUT2D eigenvalue weighted by molar-refractivity contribution is 7.16. The van der Waals surface area contributed by atoms with E-state index >= 15 is 0 Å². The van der Waals surface area contributed by atoms with Crippen molar-refractivity contribution in [3.63, 3.8) is 0 Å². The topological polar surface area (TPSA) is 63.7 Å². The second-order valence-corrected chi connectivity index (χ2v) is 5.96. The zero-order chi connectivity index (χ0) is 15.5. The highest BCUT2D eigenvalue weighted by Crippen LogP contribution is 2.37. The summed E-state index contributed by atoms with van der Waals surface area (Å²) in [6.07, 6.45) is 1.63. The third-order valence-corrected chi connectivity index (χ3v) is 4.41. The number of likely N-dealkylation sites (N-methyl/N-ethyl adjacent to an activating group) is 2. The van der Waals surface area contributed by atoms with E-state index in [1.165, 1.54) is 11.3 Å². The van der Waals surface area contributed by atoms with Gasteiger partial charge in [-0.1, -0.05) is 0 Å². The van der Waals surface area contributed by atoms with Crippen LogP contribution in [0.5, 0.6) is 11.5 Å². The van der Waals surface area contributed by atoms with Crippen molar-refractivity contribution in [2.45, 2.75) is 0 Å². The van der Waals surface area contributed by atoms with Gasteiger partial charge in [-0.15, -0.1) is 11.3 Å². The molecule has 0 spiro atoms. The predicted octanol–water partition coefficient (Wildman–Crippen LogP) is 1.83. The van der Waals surface area contributed by atoms with Crippen LogP contribution >= 0.6 is 11.3 Å². The van der Waals surface area contributed by atoms with Gasteiger partial charge >= 0.3 is 0 Å². The van der Waals surface area contributed by atoms with Crippen molar-refractivity contribution in [2.24, 2.45) is 0 Å². The van der Waals surface area contributed by atoms with Crippen LogP contribution < -0.4 is 14.8 Å². The maximum absolute atomic E-state index is 12.3. The molecule has 3 rings (SSSR count). The lowest BCUT2D eigenvalue weighted by Crippen LogP contribution is -2.32. The first-order chi connectivity index (χ1) is 10.7. The van der Waals surface area contributed by atoms with Gasteiger partial charge in [0.05, 0.1) is 6.20 Å². The highest BCUT2D eigenvalue weighted by Gasteiger charge is 2.18. The molecule has 22 heavy (non-hydrogen) atoms. The molecule has 2 aromatic rings. The number of nitrogens with one attached hydrogen (secondary N) is 1. The second kappa shape index (κ2) is 6.33. The minimum Gasteiger partial charge on any atom is -0.454 e. The number of hydrogen-bond acceptors (Lipinski definition) is 6. The molecular formula is C15H17N3O3S. The van der Waals surface area contributed by atoms with Crippen LogP contribution in [0.4, 0.5) is 0 Å². The average molecular weight is 319 g/mol. The zero-order valence-corrected chi connectivity index (χ0v) is 13.3. The van der Waals surface area contributed by atoms with Gasteiger partial charge < -0.3 is 19.7 Å². The van der Waals surface area contributed by atoms with E-state index in [4.69, 9.17) is 9.47 Å². The van der Waals surface area contributed by atoms with Crippen LogP contribution in [-0.2, 0) is 0 Å². The summed E-state index contributed by atoms with van der Waals surface area (Å²) in [5, 5.41) is 3.82. The Bertz CT molecular complexity index is 686. The van der Waals surface area contributed by atoms with Gasteiger partial charge in [-0.25, -0.2) is 4.98 Å². The van der Waals surface area contributed by atoms with E-state index in [0.717, 1.165) is 22.9 Å². The van der Waals surface area contributed by atoms with Crippen LogP contribution in [0.3, 0.4) is 0 Å². The Morgan fingerprint density at radius 3 is 3.05 bits per heavy atom. The molecule has 1 aliphatic rings. The number of thiazole rings is 1. The van der Waals surface area contributed by atoms with Crippen molar-refractivity contribution in [3.05, 3.63) is 29.3 Å². The Hall–Kier alpha value is -2.12. The molecule has 6 nitrogen and oxygen atoms in total. The number of ether oxygens (including phenoxy) is 2. The molecule has 2 heterocycles. The molecule has 1 N–H and O–H groups in total. The average Bonchev–Trinajstić information content (AvgIpc) is 3.19. The van der Waals surface area contributed by atoms with Crippen LogP contribution in [0.15, 0.2) is 24.4 Å². The lowest BCUT2D eigenvalue weighted by Gasteiger charge is -2.15. The van der Waals surface area contributed by atoms with E-state index < -0.39 is 0 Å². The van der Waals surface area contributed by atoms with E-state index in [-0.39, 0.29) is 12.7 Å². The fraction of sp³-hybridized carbons (Fsp3) is 0.333. The Kier molecular flexibility index (Phi) is 4.26. The van der Waals surface area contributed by atoms with Crippen LogP contribution in [-0.4, -0.2) is 49.8 Å². The zero-order valence-electron chi connectivity index (χ0n) is 12.5. The van der Waals surface area contributed by atoms with E-state index in [9.17, 15) is 4.79 Å². The smallest absolute Gasteiger partial charge is 0.265 e. The van der Waals surface area contributed by atoms with Gasteiger partial charge in [-0.05, 0) is 25.2 Å². The molecule has 0 aliphatic carbocycles. The summed E-state index contributed by atoms with van der Waals surface area (Å²) in [7, 11) is 3.66. The van der Waals surface area contributed by atoms with Crippen molar-refractivity contribution in [2.75, 3.05) is 34.0 Å². The number of aromatic nitrogens is 1. The fourth-order valence-electron chi connectivity index (χ4n) is 2.11. The summed E-state index contributed by atoms with van der Waals surface area (Å²) in [5.74, 6) is 1.44. The van der Waals surface area contributed by atoms with Crippen LogP contribution in [0.2, 0.25) is 0 Å². The minimum absolute atomic E-state index is 0.0141. The number of benzene rings is 1. The van der Waals surface area contributed by atoms with E-state index in [0.29, 0.717) is 17.2 Å². The lowest BCUT2D eigenvalue weighted by molar-refractivity contribution is 0.0801. The molecule has 0 saturated heterocycles. The molecular weight excluding hydrogens is 302 g/mol. The van der Waals surface area contributed by atoms with E-state index in [1.54, 1.807) is 18.1 Å². The van der Waals surface area contributed by atoms with Crippen LogP contribution in [0.1, 0.15) is 9.67 Å². The first kappa shape index (κ1) is 14.8. The van der Waals surface area contributed by atoms with Crippen molar-refractivity contribution < 1.29 is 14.3 Å². The molecule has 1 amide bonds. The number of amides is 1. The minimum atomic E-state index is -0.0141. The van der Waals surface area contributed by atoms with Gasteiger partial charge in [-0.3, -0.25) is 4.79 Å². The number of nitrogens with zero attached hydrogens (tertiary/aromatic N) is 2. The third kappa shape index (κ3) is 2.90. The lowest BCUT2D eigenvalue weighted by atomic mass is 10.2. The maximum atomic E-state index is 12.3. The van der Waals surface area contributed by atoms with Crippen molar-refractivity contribution in [1.29, 1.82) is 0 Å². The third-order valence-electron chi connectivity index (χ3n) is 3.38. The Morgan fingerprint density at radius 1 is 1.41 bits per heavy atom. The summed E-state index contributed by atoms with van der Waals surface area (Å²) < 4.78 is 10.7. The van der Waals surface area contributed by atoms with Gasteiger partial charge in [0.15, 0.2) is 11.5 Å². The van der Waals surface area contributed by atoms with Crippen LogP contribution in [0.25, 0.3) is 10.6 Å². The Balaban J connectivity index is 1.77. The van der Waals surface area contributed by atoms with Gasteiger partial charge in [0.2, 0.25) is 6.79 Å². The second-order valence-electron chi connectivity index (χ2n) is 4.93. The molecule has 1 aliphatic heterocycles. The largest absolute Gasteiger partial charge is 0.454 e. The monoisotopic (exact) mass is 319 g/mol. The quantitative estimate of drug-likeness (QED) is 0.911. The van der Waals surface area contributed by atoms with Gasteiger partial charge in [0, 0.05) is 25.7 Å². The number of carbonyl (C=O) groups is 1. The molecule has 0 fully saturated rings. The maximum Gasteiger partial charge on any atom is 0.265 e. The Labute approximate surface area is 132 Å². The first-order valence-corrected chi connectivity index (χ1v) is 7.76. The first-order valence-electron chi connectivity index (χ1n) is 6.95. The standard InChI is InChI=1S/C15H17N3O3S/c1-16-5-6-18(2)15(19)13-8-17-14(22-13)10-3-4-11-12(7-10)21-9-20-11/h3-4,7-8,16H,5-6,9H2,1-2H3. The van der Waals surface area contributed by atoms with Gasteiger partial charge in [-0.2, -0.15) is 0 Å². The molecule has 1 aromatic carbocycles. The number of carbonyl (C=O) groups excluding carboxylic acids is 1. The van der Waals surface area contributed by atoms with E-state index in [2.05, 4.69) is 10.3 Å². The fourth-order valence-corrected chi connectivity index (χ4v) is 3.01. The number of hydrogen-bond donors (Lipinski definition) is 1. The molecule has 7 heteroatoms. The number of rotatable bonds is 5. The van der Waals surface area contributed by atoms with Crippen molar-refractivity contribution >= 4 is 17.2 Å². The molecule has 0 unspecified atom stereocenters. The summed E-state index contributed by atoms with van der Waals surface area (Å²) >= 11 is 1.38. The van der Waals surface area contributed by atoms with Crippen LogP contribution in [0, 0.1) is 0 Å². The molecule has 0 bridgehead atoms. The van der Waals surface area contributed by atoms with Gasteiger partial charge in [0.1, 0.15) is 9.88 Å². The SMILES string of the molecule is CNCCN(C)C(=O)c1cnc(-c2ccc3c(c2)OCO3)s1. The Morgan fingerprint density at radius 2 is 2.23 bits per heavy atom. The van der Waals surface area contributed by atoms with Crippen molar-refractivity contribution in [1.82, 2.24) is 15.2 Å². The molecule has 0 radical (unpaired) electrons.